The van der Waals surface area contributed by atoms with E-state index in [0.717, 1.165) is 12.8 Å². The normalized spacial score (nSPS) is 32.5. The highest BCUT2D eigenvalue weighted by atomic mass is 35.5. The molecule has 1 aliphatic heterocycles. The molecule has 2 bridgehead atoms. The van der Waals surface area contributed by atoms with Crippen LogP contribution < -0.4 is 0 Å². The molecule has 0 N–H and O–H groups in total. The van der Waals surface area contributed by atoms with E-state index in [1.807, 2.05) is 6.92 Å². The summed E-state index contributed by atoms with van der Waals surface area (Å²) < 4.78 is 5.33. The summed E-state index contributed by atoms with van der Waals surface area (Å²) in [6.45, 7) is 1.54. The van der Waals surface area contributed by atoms with Crippen molar-refractivity contribution in [1.29, 1.82) is 0 Å². The summed E-state index contributed by atoms with van der Waals surface area (Å²) in [7, 11) is 0. The Labute approximate surface area is 191 Å². The van der Waals surface area contributed by atoms with E-state index in [-0.39, 0.29) is 41.3 Å². The van der Waals surface area contributed by atoms with Crippen LogP contribution in [0.4, 0.5) is 0 Å². The van der Waals surface area contributed by atoms with Crippen molar-refractivity contribution in [3.63, 3.8) is 0 Å². The standard InChI is InChI=1S/C25H26ClNO5/c1-2-3-4-19(25(31)32-12-20(28)13-5-7-14(26)8-6-13)27-23(29)21-15-9-10-16(18-11-17(15)18)22(21)24(27)30/h5-10,15-19,21-22H,2-4,11-12H2,1H3. The Kier molecular flexibility index (Phi) is 5.44. The van der Waals surface area contributed by atoms with E-state index < -0.39 is 18.6 Å². The third-order valence-electron chi connectivity index (χ3n) is 7.62. The summed E-state index contributed by atoms with van der Waals surface area (Å²) >= 11 is 5.85. The number of nitrogens with zero attached hydrogens (tertiary/aromatic N) is 1. The molecule has 3 fully saturated rings. The van der Waals surface area contributed by atoms with E-state index in [2.05, 4.69) is 12.2 Å². The number of hydrogen-bond acceptors (Lipinski definition) is 5. The van der Waals surface area contributed by atoms with E-state index >= 15 is 0 Å². The van der Waals surface area contributed by atoms with Crippen LogP contribution in [0, 0.1) is 35.5 Å². The lowest BCUT2D eigenvalue weighted by atomic mass is 9.63. The van der Waals surface area contributed by atoms with Gasteiger partial charge in [-0.25, -0.2) is 4.79 Å². The average molecular weight is 456 g/mol. The molecule has 7 unspecified atom stereocenters. The van der Waals surface area contributed by atoms with Gasteiger partial charge in [0.05, 0.1) is 11.8 Å². The molecule has 1 aromatic carbocycles. The number of carbonyl (C=O) groups is 4. The zero-order valence-electron chi connectivity index (χ0n) is 17.9. The minimum absolute atomic E-state index is 0.103. The number of esters is 1. The summed E-state index contributed by atoms with van der Waals surface area (Å²) in [4.78, 5) is 53.4. The zero-order valence-corrected chi connectivity index (χ0v) is 18.7. The molecule has 1 heterocycles. The van der Waals surface area contributed by atoms with Crippen molar-refractivity contribution in [2.24, 2.45) is 35.5 Å². The Morgan fingerprint density at radius 2 is 1.66 bits per heavy atom. The molecular weight excluding hydrogens is 430 g/mol. The fourth-order valence-corrected chi connectivity index (χ4v) is 6.12. The van der Waals surface area contributed by atoms with E-state index in [9.17, 15) is 19.2 Å². The average Bonchev–Trinajstić information content (AvgIpc) is 3.57. The molecule has 6 rings (SSSR count). The van der Waals surface area contributed by atoms with Crippen molar-refractivity contribution in [2.75, 3.05) is 6.61 Å². The molecule has 168 valence electrons. The van der Waals surface area contributed by atoms with Crippen molar-refractivity contribution >= 4 is 35.2 Å². The van der Waals surface area contributed by atoms with Gasteiger partial charge in [-0.3, -0.25) is 19.3 Å². The molecule has 0 aromatic heterocycles. The molecule has 2 saturated carbocycles. The molecule has 0 spiro atoms. The second kappa shape index (κ2) is 8.14. The van der Waals surface area contributed by atoms with Crippen LogP contribution in [0.2, 0.25) is 5.02 Å². The smallest absolute Gasteiger partial charge is 0.329 e. The number of imide groups is 1. The maximum atomic E-state index is 13.4. The molecule has 1 saturated heterocycles. The zero-order chi connectivity index (χ0) is 22.6. The Balaban J connectivity index is 1.31. The maximum absolute atomic E-state index is 13.4. The Morgan fingerprint density at radius 3 is 2.22 bits per heavy atom. The summed E-state index contributed by atoms with van der Waals surface area (Å²) in [5.41, 5.74) is 0.383. The number of halogens is 1. The lowest BCUT2D eigenvalue weighted by Gasteiger charge is -2.37. The van der Waals surface area contributed by atoms with E-state index in [1.165, 1.54) is 4.90 Å². The second-order valence-electron chi connectivity index (χ2n) is 9.40. The highest BCUT2D eigenvalue weighted by molar-refractivity contribution is 6.30. The van der Waals surface area contributed by atoms with Crippen LogP contribution in [0.5, 0.6) is 0 Å². The number of unbranched alkanes of at least 4 members (excludes halogenated alkanes) is 1. The third-order valence-corrected chi connectivity index (χ3v) is 7.88. The SMILES string of the molecule is CCCCC(C(=O)OCC(=O)c1ccc(Cl)cc1)N1C(=O)C2C3C=CC(C4CC34)C2C1=O. The van der Waals surface area contributed by atoms with Crippen LogP contribution >= 0.6 is 11.6 Å². The number of rotatable bonds is 8. The molecule has 6 nitrogen and oxygen atoms in total. The largest absolute Gasteiger partial charge is 0.456 e. The molecule has 7 atom stereocenters. The first-order valence-corrected chi connectivity index (χ1v) is 11.8. The van der Waals surface area contributed by atoms with Crippen LogP contribution in [0.25, 0.3) is 0 Å². The summed E-state index contributed by atoms with van der Waals surface area (Å²) in [6.07, 6.45) is 7.14. The predicted molar refractivity (Wildman–Crippen MR) is 117 cm³/mol. The number of ketones is 1. The number of Topliss-reactive ketones (excluding diaryl/α,β-unsaturated/α-hetero) is 1. The molecule has 2 amide bonds. The first-order chi connectivity index (χ1) is 15.4. The quantitative estimate of drug-likeness (QED) is 0.258. The molecule has 5 aliphatic rings. The van der Waals surface area contributed by atoms with Gasteiger partial charge in [0.2, 0.25) is 11.8 Å². The monoisotopic (exact) mass is 455 g/mol. The molecule has 4 aliphatic carbocycles. The van der Waals surface area contributed by atoms with Crippen LogP contribution in [0.3, 0.4) is 0 Å². The summed E-state index contributed by atoms with van der Waals surface area (Å²) in [6, 6.07) is 5.35. The first kappa shape index (κ1) is 21.4. The van der Waals surface area contributed by atoms with Gasteiger partial charge in [0, 0.05) is 10.6 Å². The van der Waals surface area contributed by atoms with Gasteiger partial charge in [0.25, 0.3) is 0 Å². The van der Waals surface area contributed by atoms with Gasteiger partial charge < -0.3 is 4.74 Å². The van der Waals surface area contributed by atoms with E-state index in [0.29, 0.717) is 35.3 Å². The number of ether oxygens (including phenoxy) is 1. The van der Waals surface area contributed by atoms with Gasteiger partial charge in [0.15, 0.2) is 12.4 Å². The van der Waals surface area contributed by atoms with Crippen molar-refractivity contribution in [1.82, 2.24) is 4.90 Å². The van der Waals surface area contributed by atoms with Crippen LogP contribution in [0.1, 0.15) is 43.0 Å². The van der Waals surface area contributed by atoms with E-state index in [4.69, 9.17) is 16.3 Å². The van der Waals surface area contributed by atoms with Gasteiger partial charge in [-0.1, -0.05) is 43.5 Å². The Morgan fingerprint density at radius 1 is 1.06 bits per heavy atom. The third kappa shape index (κ3) is 3.40. The molecule has 32 heavy (non-hydrogen) atoms. The van der Waals surface area contributed by atoms with Gasteiger partial charge in [-0.2, -0.15) is 0 Å². The topological polar surface area (TPSA) is 80.8 Å². The van der Waals surface area contributed by atoms with Crippen LogP contribution in [0.15, 0.2) is 36.4 Å². The fraction of sp³-hybridized carbons (Fsp3) is 0.520. The van der Waals surface area contributed by atoms with Crippen molar-refractivity contribution in [2.45, 2.75) is 38.6 Å². The number of benzene rings is 1. The van der Waals surface area contributed by atoms with Gasteiger partial charge in [-0.05, 0) is 60.8 Å². The fourth-order valence-electron chi connectivity index (χ4n) is 5.99. The molecule has 0 radical (unpaired) electrons. The van der Waals surface area contributed by atoms with Crippen LogP contribution in [-0.2, 0) is 19.1 Å². The van der Waals surface area contributed by atoms with Crippen LogP contribution in [-0.4, -0.2) is 41.1 Å². The number of carbonyl (C=O) groups excluding carboxylic acids is 4. The van der Waals surface area contributed by atoms with Crippen molar-refractivity contribution in [3.8, 4) is 0 Å². The Hall–Kier alpha value is -2.47. The molecule has 7 heteroatoms. The minimum atomic E-state index is -0.978. The number of allylic oxidation sites excluding steroid dienone is 2. The lowest BCUT2D eigenvalue weighted by Crippen LogP contribution is -2.47. The van der Waals surface area contributed by atoms with Crippen molar-refractivity contribution < 1.29 is 23.9 Å². The molecular formula is C25H26ClNO5. The minimum Gasteiger partial charge on any atom is -0.456 e. The molecule has 1 aromatic rings. The first-order valence-electron chi connectivity index (χ1n) is 11.4. The van der Waals surface area contributed by atoms with Gasteiger partial charge in [0.1, 0.15) is 6.04 Å². The summed E-state index contributed by atoms with van der Waals surface area (Å²) in [5, 5.41) is 0.506. The number of hydrogen-bond donors (Lipinski definition) is 0. The number of likely N-dealkylation sites (tertiary alicyclic amines) is 1. The van der Waals surface area contributed by atoms with Gasteiger partial charge >= 0.3 is 5.97 Å². The highest BCUT2D eigenvalue weighted by Gasteiger charge is 2.67. The van der Waals surface area contributed by atoms with E-state index in [1.54, 1.807) is 24.3 Å². The number of amides is 2. The second-order valence-corrected chi connectivity index (χ2v) is 9.83. The van der Waals surface area contributed by atoms with Crippen molar-refractivity contribution in [3.05, 3.63) is 47.0 Å². The Bertz CT molecular complexity index is 966. The lowest BCUT2D eigenvalue weighted by molar-refractivity contribution is -0.158. The highest BCUT2D eigenvalue weighted by Crippen LogP contribution is 2.65. The maximum Gasteiger partial charge on any atom is 0.329 e. The van der Waals surface area contributed by atoms with Gasteiger partial charge in [-0.15, -0.1) is 0 Å². The predicted octanol–water partition coefficient (Wildman–Crippen LogP) is 3.68. The summed E-state index contributed by atoms with van der Waals surface area (Å²) in [5.74, 6) is -1.04.